The lowest BCUT2D eigenvalue weighted by Gasteiger charge is -1.96. The summed E-state index contributed by atoms with van der Waals surface area (Å²) < 4.78 is 0. The fourth-order valence-corrected chi connectivity index (χ4v) is 1.45. The second-order valence-electron chi connectivity index (χ2n) is 3.11. The number of aromatic amines is 1. The summed E-state index contributed by atoms with van der Waals surface area (Å²) in [6.07, 6.45) is 1.66. The average molecular weight is 222 g/mol. The van der Waals surface area contributed by atoms with Crippen molar-refractivity contribution in [2.45, 2.75) is 0 Å². The zero-order valence-corrected chi connectivity index (χ0v) is 8.45. The predicted octanol–water partition coefficient (Wildman–Crippen LogP) is 3.03. The largest absolute Gasteiger partial charge is 0.477 e. The topological polar surface area (TPSA) is 53.1 Å². The van der Waals surface area contributed by atoms with Crippen molar-refractivity contribution >= 4 is 17.6 Å². The first-order chi connectivity index (χ1) is 7.16. The lowest BCUT2D eigenvalue weighted by atomic mass is 10.1. The Bertz CT molecular complexity index is 488. The molecule has 0 aliphatic rings. The number of benzene rings is 1. The number of hydrogen-bond donors (Lipinski definition) is 2. The van der Waals surface area contributed by atoms with Crippen molar-refractivity contribution in [3.63, 3.8) is 0 Å². The maximum absolute atomic E-state index is 10.6. The second kappa shape index (κ2) is 3.79. The van der Waals surface area contributed by atoms with Crippen LogP contribution in [-0.4, -0.2) is 16.1 Å². The van der Waals surface area contributed by atoms with Gasteiger partial charge in [0.2, 0.25) is 0 Å². The van der Waals surface area contributed by atoms with Gasteiger partial charge in [-0.15, -0.1) is 0 Å². The highest BCUT2D eigenvalue weighted by Gasteiger charge is 2.06. The summed E-state index contributed by atoms with van der Waals surface area (Å²) in [6.45, 7) is 0. The van der Waals surface area contributed by atoms with Gasteiger partial charge in [-0.1, -0.05) is 23.7 Å². The SMILES string of the molecule is O=C(O)c1cc(-c2ccc(Cl)cc2)c[nH]1. The van der Waals surface area contributed by atoms with Crippen LogP contribution in [0.3, 0.4) is 0 Å². The molecule has 2 aromatic rings. The molecule has 0 saturated heterocycles. The predicted molar refractivity (Wildman–Crippen MR) is 58.2 cm³/mol. The van der Waals surface area contributed by atoms with Crippen molar-refractivity contribution in [2.24, 2.45) is 0 Å². The van der Waals surface area contributed by atoms with Gasteiger partial charge in [0.25, 0.3) is 0 Å². The van der Waals surface area contributed by atoms with Gasteiger partial charge in [0.05, 0.1) is 0 Å². The number of nitrogens with one attached hydrogen (secondary N) is 1. The van der Waals surface area contributed by atoms with Crippen molar-refractivity contribution in [1.29, 1.82) is 0 Å². The highest BCUT2D eigenvalue weighted by atomic mass is 35.5. The van der Waals surface area contributed by atoms with E-state index in [1.807, 2.05) is 12.1 Å². The first-order valence-electron chi connectivity index (χ1n) is 4.34. The van der Waals surface area contributed by atoms with E-state index < -0.39 is 5.97 Å². The lowest BCUT2D eigenvalue weighted by Crippen LogP contribution is -1.94. The second-order valence-corrected chi connectivity index (χ2v) is 3.55. The van der Waals surface area contributed by atoms with Crippen LogP contribution in [0.1, 0.15) is 10.5 Å². The molecular formula is C11H8ClNO2. The average Bonchev–Trinajstić information content (AvgIpc) is 2.68. The van der Waals surface area contributed by atoms with Crippen LogP contribution in [0.5, 0.6) is 0 Å². The molecule has 1 aromatic heterocycles. The van der Waals surface area contributed by atoms with Gasteiger partial charge >= 0.3 is 5.97 Å². The van der Waals surface area contributed by atoms with Gasteiger partial charge in [-0.2, -0.15) is 0 Å². The molecule has 3 nitrogen and oxygen atoms in total. The zero-order valence-electron chi connectivity index (χ0n) is 7.70. The van der Waals surface area contributed by atoms with Gasteiger partial charge in [-0.05, 0) is 29.3 Å². The van der Waals surface area contributed by atoms with Crippen LogP contribution in [0.25, 0.3) is 11.1 Å². The molecule has 0 aliphatic heterocycles. The van der Waals surface area contributed by atoms with Gasteiger partial charge in [-0.3, -0.25) is 0 Å². The number of carboxylic acids is 1. The van der Waals surface area contributed by atoms with E-state index in [2.05, 4.69) is 4.98 Å². The lowest BCUT2D eigenvalue weighted by molar-refractivity contribution is 0.0691. The molecule has 1 heterocycles. The van der Waals surface area contributed by atoms with E-state index in [-0.39, 0.29) is 5.69 Å². The van der Waals surface area contributed by atoms with Gasteiger partial charge < -0.3 is 10.1 Å². The summed E-state index contributed by atoms with van der Waals surface area (Å²) >= 11 is 5.75. The molecule has 4 heteroatoms. The Labute approximate surface area is 91.3 Å². The smallest absolute Gasteiger partial charge is 0.352 e. The summed E-state index contributed by atoms with van der Waals surface area (Å²) in [7, 11) is 0. The zero-order chi connectivity index (χ0) is 10.8. The number of aromatic carboxylic acids is 1. The van der Waals surface area contributed by atoms with Crippen LogP contribution in [0.4, 0.5) is 0 Å². The molecule has 0 radical (unpaired) electrons. The molecular weight excluding hydrogens is 214 g/mol. The van der Waals surface area contributed by atoms with E-state index in [9.17, 15) is 4.79 Å². The summed E-state index contributed by atoms with van der Waals surface area (Å²) in [5.41, 5.74) is 1.95. The first kappa shape index (κ1) is 9.80. The fourth-order valence-electron chi connectivity index (χ4n) is 1.33. The maximum Gasteiger partial charge on any atom is 0.352 e. The van der Waals surface area contributed by atoms with Crippen LogP contribution in [0.15, 0.2) is 36.5 Å². The Morgan fingerprint density at radius 1 is 1.20 bits per heavy atom. The highest BCUT2D eigenvalue weighted by Crippen LogP contribution is 2.22. The molecule has 15 heavy (non-hydrogen) atoms. The van der Waals surface area contributed by atoms with Crippen LogP contribution >= 0.6 is 11.6 Å². The normalized spacial score (nSPS) is 10.2. The monoisotopic (exact) mass is 221 g/mol. The molecule has 0 spiro atoms. The summed E-state index contributed by atoms with van der Waals surface area (Å²) in [5, 5.41) is 9.40. The number of carboxylic acid groups (broad SMARTS) is 1. The van der Waals surface area contributed by atoms with Crippen LogP contribution in [-0.2, 0) is 0 Å². The third-order valence-electron chi connectivity index (χ3n) is 2.09. The minimum Gasteiger partial charge on any atom is -0.477 e. The minimum absolute atomic E-state index is 0.181. The van der Waals surface area contributed by atoms with Crippen molar-refractivity contribution < 1.29 is 9.90 Å². The molecule has 0 unspecified atom stereocenters. The van der Waals surface area contributed by atoms with E-state index in [1.54, 1.807) is 24.4 Å². The molecule has 2 N–H and O–H groups in total. The summed E-state index contributed by atoms with van der Waals surface area (Å²) in [4.78, 5) is 13.3. The van der Waals surface area contributed by atoms with Gasteiger partial charge in [0.1, 0.15) is 5.69 Å². The molecule has 0 amide bonds. The molecule has 0 bridgehead atoms. The Morgan fingerprint density at radius 2 is 1.87 bits per heavy atom. The standard InChI is InChI=1S/C11H8ClNO2/c12-9-3-1-7(2-4-9)8-5-10(11(14)15)13-6-8/h1-6,13H,(H,14,15). The molecule has 76 valence electrons. The molecule has 0 atom stereocenters. The van der Waals surface area contributed by atoms with Crippen LogP contribution < -0.4 is 0 Å². The molecule has 2 rings (SSSR count). The number of aromatic nitrogens is 1. The van der Waals surface area contributed by atoms with Gasteiger partial charge in [-0.25, -0.2) is 4.79 Å². The van der Waals surface area contributed by atoms with Crippen LogP contribution in [0, 0.1) is 0 Å². The Kier molecular flexibility index (Phi) is 2.47. The van der Waals surface area contributed by atoms with Gasteiger partial charge in [0.15, 0.2) is 0 Å². The van der Waals surface area contributed by atoms with E-state index in [0.29, 0.717) is 5.02 Å². The fraction of sp³-hybridized carbons (Fsp3) is 0. The minimum atomic E-state index is -0.963. The third-order valence-corrected chi connectivity index (χ3v) is 2.34. The van der Waals surface area contributed by atoms with Crippen molar-refractivity contribution in [2.75, 3.05) is 0 Å². The number of H-pyrrole nitrogens is 1. The third kappa shape index (κ3) is 2.02. The number of halogens is 1. The summed E-state index contributed by atoms with van der Waals surface area (Å²) in [6, 6.07) is 8.81. The molecule has 1 aromatic carbocycles. The Hall–Kier alpha value is -1.74. The Balaban J connectivity index is 2.37. The molecule has 0 aliphatic carbocycles. The number of rotatable bonds is 2. The van der Waals surface area contributed by atoms with E-state index in [0.717, 1.165) is 11.1 Å². The highest BCUT2D eigenvalue weighted by molar-refractivity contribution is 6.30. The number of hydrogen-bond acceptors (Lipinski definition) is 1. The van der Waals surface area contributed by atoms with E-state index in [4.69, 9.17) is 16.7 Å². The summed E-state index contributed by atoms with van der Waals surface area (Å²) in [5.74, 6) is -0.963. The maximum atomic E-state index is 10.6. The van der Waals surface area contributed by atoms with Crippen LogP contribution in [0.2, 0.25) is 5.02 Å². The quantitative estimate of drug-likeness (QED) is 0.819. The first-order valence-corrected chi connectivity index (χ1v) is 4.72. The number of carbonyl (C=O) groups is 1. The van der Waals surface area contributed by atoms with E-state index in [1.165, 1.54) is 0 Å². The van der Waals surface area contributed by atoms with E-state index >= 15 is 0 Å². The van der Waals surface area contributed by atoms with Gasteiger partial charge in [0, 0.05) is 11.2 Å². The van der Waals surface area contributed by atoms with Crippen molar-refractivity contribution in [3.8, 4) is 11.1 Å². The Morgan fingerprint density at radius 3 is 2.40 bits per heavy atom. The van der Waals surface area contributed by atoms with Crippen molar-refractivity contribution in [3.05, 3.63) is 47.2 Å². The molecule has 0 fully saturated rings. The van der Waals surface area contributed by atoms with Crippen molar-refractivity contribution in [1.82, 2.24) is 4.98 Å². The molecule has 0 saturated carbocycles.